The van der Waals surface area contributed by atoms with Gasteiger partial charge in [-0.15, -0.1) is 0 Å². The van der Waals surface area contributed by atoms with Gasteiger partial charge in [-0.1, -0.05) is 30.3 Å². The summed E-state index contributed by atoms with van der Waals surface area (Å²) in [5, 5.41) is 0. The number of carbonyl (C=O) groups excluding carboxylic acids is 1. The van der Waals surface area contributed by atoms with Crippen LogP contribution in [0.5, 0.6) is 5.75 Å². The lowest BCUT2D eigenvalue weighted by molar-refractivity contribution is -0.121. The zero-order chi connectivity index (χ0) is 13.2. The first-order valence-electron chi connectivity index (χ1n) is 5.97. The lowest BCUT2D eigenvalue weighted by Crippen LogP contribution is -2.39. The summed E-state index contributed by atoms with van der Waals surface area (Å²) in [6, 6.07) is 13.2. The molecule has 2 aromatic rings. The summed E-state index contributed by atoms with van der Waals surface area (Å²) in [5.41, 5.74) is 6.71. The number of fused-ring (bicyclic) bond motifs is 1. The van der Waals surface area contributed by atoms with Gasteiger partial charge in [0, 0.05) is 0 Å². The topological polar surface area (TPSA) is 68.5 Å². The molecular formula is C14H13N3O2. The number of ether oxygens (including phenoxy) is 1. The monoisotopic (exact) mass is 255 g/mol. The molecule has 1 aromatic heterocycles. The van der Waals surface area contributed by atoms with Gasteiger partial charge < -0.3 is 10.5 Å². The number of carbonyl (C=O) groups is 1. The van der Waals surface area contributed by atoms with Gasteiger partial charge in [-0.25, -0.2) is 4.98 Å². The molecule has 2 heterocycles. The van der Waals surface area contributed by atoms with E-state index in [2.05, 4.69) is 4.98 Å². The van der Waals surface area contributed by atoms with Crippen LogP contribution in [0.2, 0.25) is 0 Å². The SMILES string of the molecule is Nc1ccc2c(n1)N(Cc1ccccc1)C(=O)CO2. The van der Waals surface area contributed by atoms with E-state index in [9.17, 15) is 4.79 Å². The predicted molar refractivity (Wildman–Crippen MR) is 71.8 cm³/mol. The van der Waals surface area contributed by atoms with Crippen LogP contribution in [0.4, 0.5) is 11.6 Å². The Labute approximate surface area is 110 Å². The Balaban J connectivity index is 1.97. The van der Waals surface area contributed by atoms with Crippen LogP contribution < -0.4 is 15.4 Å². The Morgan fingerprint density at radius 2 is 2.00 bits per heavy atom. The zero-order valence-electron chi connectivity index (χ0n) is 10.2. The van der Waals surface area contributed by atoms with Crippen LogP contribution in [0, 0.1) is 0 Å². The van der Waals surface area contributed by atoms with Gasteiger partial charge in [0.15, 0.2) is 18.2 Å². The van der Waals surface area contributed by atoms with Crippen molar-refractivity contribution in [3.05, 3.63) is 48.0 Å². The Kier molecular flexibility index (Phi) is 2.79. The molecular weight excluding hydrogens is 242 g/mol. The standard InChI is InChI=1S/C14H13N3O2/c15-12-7-6-11-14(16-12)17(13(18)9-19-11)8-10-4-2-1-3-5-10/h1-7H,8-9H2,(H2,15,16). The lowest BCUT2D eigenvalue weighted by Gasteiger charge is -2.28. The zero-order valence-corrected chi connectivity index (χ0v) is 10.2. The van der Waals surface area contributed by atoms with Crippen LogP contribution in [0.25, 0.3) is 0 Å². The van der Waals surface area contributed by atoms with E-state index in [0.29, 0.717) is 23.9 Å². The first-order chi connectivity index (χ1) is 9.24. The van der Waals surface area contributed by atoms with E-state index in [1.54, 1.807) is 17.0 Å². The van der Waals surface area contributed by atoms with Gasteiger partial charge in [0.2, 0.25) is 0 Å². The minimum Gasteiger partial charge on any atom is -0.480 e. The third-order valence-electron chi connectivity index (χ3n) is 2.95. The first-order valence-corrected chi connectivity index (χ1v) is 5.97. The molecule has 0 unspecified atom stereocenters. The highest BCUT2D eigenvalue weighted by molar-refractivity contribution is 5.96. The molecule has 0 bridgehead atoms. The van der Waals surface area contributed by atoms with E-state index >= 15 is 0 Å². The number of pyridine rings is 1. The summed E-state index contributed by atoms with van der Waals surface area (Å²) in [5.74, 6) is 1.33. The highest BCUT2D eigenvalue weighted by Crippen LogP contribution is 2.31. The molecule has 0 fully saturated rings. The van der Waals surface area contributed by atoms with E-state index in [4.69, 9.17) is 10.5 Å². The number of nitrogens with two attached hydrogens (primary N) is 1. The van der Waals surface area contributed by atoms with Crippen molar-refractivity contribution in [3.63, 3.8) is 0 Å². The number of aromatic nitrogens is 1. The highest BCUT2D eigenvalue weighted by Gasteiger charge is 2.27. The molecule has 3 rings (SSSR count). The van der Waals surface area contributed by atoms with E-state index < -0.39 is 0 Å². The maximum absolute atomic E-state index is 12.0. The maximum atomic E-state index is 12.0. The quantitative estimate of drug-likeness (QED) is 0.884. The minimum atomic E-state index is -0.116. The second kappa shape index (κ2) is 4.61. The fourth-order valence-electron chi connectivity index (χ4n) is 2.02. The van der Waals surface area contributed by atoms with Crippen molar-refractivity contribution in [2.45, 2.75) is 6.54 Å². The molecule has 96 valence electrons. The number of hydrogen-bond donors (Lipinski definition) is 1. The fraction of sp³-hybridized carbons (Fsp3) is 0.143. The van der Waals surface area contributed by atoms with E-state index in [-0.39, 0.29) is 12.5 Å². The van der Waals surface area contributed by atoms with Gasteiger partial charge in [0.1, 0.15) is 5.82 Å². The number of nitrogens with zero attached hydrogens (tertiary/aromatic N) is 2. The molecule has 19 heavy (non-hydrogen) atoms. The fourth-order valence-corrected chi connectivity index (χ4v) is 2.02. The second-order valence-corrected chi connectivity index (χ2v) is 4.31. The van der Waals surface area contributed by atoms with Crippen LogP contribution in [-0.2, 0) is 11.3 Å². The van der Waals surface area contributed by atoms with E-state index in [1.807, 2.05) is 30.3 Å². The number of rotatable bonds is 2. The summed E-state index contributed by atoms with van der Waals surface area (Å²) in [6.45, 7) is 0.498. The van der Waals surface area contributed by atoms with Crippen molar-refractivity contribution in [2.75, 3.05) is 17.2 Å². The van der Waals surface area contributed by atoms with Gasteiger partial charge >= 0.3 is 0 Å². The average Bonchev–Trinajstić information content (AvgIpc) is 2.43. The number of anilines is 2. The van der Waals surface area contributed by atoms with Crippen molar-refractivity contribution in [1.82, 2.24) is 4.98 Å². The van der Waals surface area contributed by atoms with Crippen molar-refractivity contribution in [3.8, 4) is 5.75 Å². The van der Waals surface area contributed by atoms with Crippen LogP contribution in [0.1, 0.15) is 5.56 Å². The number of benzene rings is 1. The molecule has 0 saturated heterocycles. The predicted octanol–water partition coefficient (Wildman–Crippen LogP) is 1.59. The van der Waals surface area contributed by atoms with Gasteiger partial charge in [-0.2, -0.15) is 0 Å². The lowest BCUT2D eigenvalue weighted by atomic mass is 10.2. The van der Waals surface area contributed by atoms with Crippen LogP contribution in [0.3, 0.4) is 0 Å². The van der Waals surface area contributed by atoms with Crippen LogP contribution in [-0.4, -0.2) is 17.5 Å². The molecule has 0 saturated carbocycles. The molecule has 5 nitrogen and oxygen atoms in total. The Morgan fingerprint density at radius 1 is 1.21 bits per heavy atom. The molecule has 1 aliphatic rings. The summed E-state index contributed by atoms with van der Waals surface area (Å²) in [6.07, 6.45) is 0. The Morgan fingerprint density at radius 3 is 2.79 bits per heavy atom. The third-order valence-corrected chi connectivity index (χ3v) is 2.95. The van der Waals surface area contributed by atoms with Gasteiger partial charge in [0.05, 0.1) is 6.54 Å². The molecule has 0 spiro atoms. The largest absolute Gasteiger partial charge is 0.480 e. The van der Waals surface area contributed by atoms with Crippen LogP contribution in [0.15, 0.2) is 42.5 Å². The number of nitrogen functional groups attached to an aromatic ring is 1. The van der Waals surface area contributed by atoms with E-state index in [0.717, 1.165) is 5.56 Å². The van der Waals surface area contributed by atoms with Gasteiger partial charge in [0.25, 0.3) is 5.91 Å². The molecule has 0 radical (unpaired) electrons. The van der Waals surface area contributed by atoms with Crippen molar-refractivity contribution in [1.29, 1.82) is 0 Å². The molecule has 1 aliphatic heterocycles. The van der Waals surface area contributed by atoms with Gasteiger partial charge in [-0.3, -0.25) is 9.69 Å². The maximum Gasteiger partial charge on any atom is 0.266 e. The Bertz CT molecular complexity index is 613. The summed E-state index contributed by atoms with van der Waals surface area (Å²) >= 11 is 0. The van der Waals surface area contributed by atoms with Crippen molar-refractivity contribution in [2.24, 2.45) is 0 Å². The van der Waals surface area contributed by atoms with Crippen LogP contribution >= 0.6 is 0 Å². The normalized spacial score (nSPS) is 13.9. The summed E-state index contributed by atoms with van der Waals surface area (Å²) in [7, 11) is 0. The molecule has 0 atom stereocenters. The number of amides is 1. The molecule has 2 N–H and O–H groups in total. The average molecular weight is 255 g/mol. The third kappa shape index (κ3) is 2.22. The molecule has 0 aliphatic carbocycles. The first kappa shape index (κ1) is 11.5. The number of hydrogen-bond acceptors (Lipinski definition) is 4. The molecule has 5 heteroatoms. The molecule has 1 amide bonds. The summed E-state index contributed by atoms with van der Waals surface area (Å²) in [4.78, 5) is 17.8. The molecule has 1 aromatic carbocycles. The minimum absolute atomic E-state index is 0.0332. The van der Waals surface area contributed by atoms with Gasteiger partial charge in [-0.05, 0) is 17.7 Å². The summed E-state index contributed by atoms with van der Waals surface area (Å²) < 4.78 is 5.35. The van der Waals surface area contributed by atoms with Crippen molar-refractivity contribution >= 4 is 17.5 Å². The van der Waals surface area contributed by atoms with Crippen molar-refractivity contribution < 1.29 is 9.53 Å². The smallest absolute Gasteiger partial charge is 0.266 e. The second-order valence-electron chi connectivity index (χ2n) is 4.31. The highest BCUT2D eigenvalue weighted by atomic mass is 16.5. The van der Waals surface area contributed by atoms with E-state index in [1.165, 1.54) is 0 Å². The Hall–Kier alpha value is -2.56.